The second kappa shape index (κ2) is 12.8. The Bertz CT molecular complexity index is 1520. The Balaban J connectivity index is 1.49. The molecule has 2 amide bonds. The van der Waals surface area contributed by atoms with Crippen molar-refractivity contribution in [2.24, 2.45) is 0 Å². The van der Waals surface area contributed by atoms with E-state index in [1.165, 1.54) is 11.1 Å². The molecular weight excluding hydrogens is 570 g/mol. The van der Waals surface area contributed by atoms with Crippen molar-refractivity contribution in [1.29, 1.82) is 0 Å². The summed E-state index contributed by atoms with van der Waals surface area (Å²) in [5.41, 5.74) is 5.10. The molecule has 8 heteroatoms. The van der Waals surface area contributed by atoms with Gasteiger partial charge in [-0.3, -0.25) is 4.57 Å². The highest BCUT2D eigenvalue weighted by Gasteiger charge is 2.25. The molecule has 0 aliphatic rings. The molecule has 6 nitrogen and oxygen atoms in total. The van der Waals surface area contributed by atoms with Crippen molar-refractivity contribution in [1.82, 2.24) is 20.1 Å². The van der Waals surface area contributed by atoms with Crippen LogP contribution in [-0.2, 0) is 12.2 Å². The molecule has 5 rings (SSSR count). The number of rotatable bonds is 9. The van der Waals surface area contributed by atoms with Gasteiger partial charge >= 0.3 is 6.03 Å². The molecule has 0 saturated heterocycles. The van der Waals surface area contributed by atoms with E-state index in [9.17, 15) is 4.79 Å². The number of urea groups is 1. The van der Waals surface area contributed by atoms with Crippen LogP contribution in [0.3, 0.4) is 0 Å². The number of anilines is 1. The minimum Gasteiger partial charge on any atom is -0.327 e. The van der Waals surface area contributed by atoms with E-state index in [0.717, 1.165) is 26.6 Å². The normalized spacial score (nSPS) is 11.6. The molecule has 196 valence electrons. The summed E-state index contributed by atoms with van der Waals surface area (Å²) in [6.45, 7) is 2.06. The summed E-state index contributed by atoms with van der Waals surface area (Å²) in [6.07, 6.45) is 0.556. The minimum absolute atomic E-state index is 0.314. The zero-order chi connectivity index (χ0) is 27.0. The van der Waals surface area contributed by atoms with Gasteiger partial charge in [-0.1, -0.05) is 112 Å². The van der Waals surface area contributed by atoms with Crippen molar-refractivity contribution in [3.05, 3.63) is 136 Å². The lowest BCUT2D eigenvalue weighted by atomic mass is 10.1. The van der Waals surface area contributed by atoms with E-state index in [0.29, 0.717) is 17.9 Å². The van der Waals surface area contributed by atoms with Crippen LogP contribution in [0.5, 0.6) is 0 Å². The Morgan fingerprint density at radius 1 is 0.872 bits per heavy atom. The lowest BCUT2D eigenvalue weighted by Crippen LogP contribution is -2.35. The quantitative estimate of drug-likeness (QED) is 0.170. The smallest absolute Gasteiger partial charge is 0.319 e. The maximum absolute atomic E-state index is 13.2. The van der Waals surface area contributed by atoms with Crippen LogP contribution >= 0.6 is 27.7 Å². The van der Waals surface area contributed by atoms with E-state index in [1.807, 2.05) is 60.7 Å². The van der Waals surface area contributed by atoms with Crippen LogP contribution < -0.4 is 10.6 Å². The van der Waals surface area contributed by atoms with Crippen molar-refractivity contribution in [2.75, 3.05) is 5.32 Å². The number of nitrogens with one attached hydrogen (secondary N) is 2. The first kappa shape index (κ1) is 26.7. The van der Waals surface area contributed by atoms with E-state index >= 15 is 0 Å². The highest BCUT2D eigenvalue weighted by Crippen LogP contribution is 2.29. The lowest BCUT2D eigenvalue weighted by Gasteiger charge is -2.21. The monoisotopic (exact) mass is 597 g/mol. The summed E-state index contributed by atoms with van der Waals surface area (Å²) in [7, 11) is 0. The topological polar surface area (TPSA) is 71.8 Å². The van der Waals surface area contributed by atoms with Crippen molar-refractivity contribution in [2.45, 2.75) is 30.3 Å². The molecule has 0 radical (unpaired) electrons. The van der Waals surface area contributed by atoms with Crippen molar-refractivity contribution < 1.29 is 4.79 Å². The zero-order valence-corrected chi connectivity index (χ0v) is 23.8. The first-order valence-electron chi connectivity index (χ1n) is 12.6. The first-order chi connectivity index (χ1) is 19.0. The number of hydrogen-bond donors (Lipinski definition) is 2. The molecule has 1 aromatic heterocycles. The first-order valence-corrected chi connectivity index (χ1v) is 14.4. The van der Waals surface area contributed by atoms with E-state index in [-0.39, 0.29) is 6.03 Å². The fraction of sp³-hybridized carbons (Fsp3) is 0.129. The third-order valence-corrected chi connectivity index (χ3v) is 7.64. The van der Waals surface area contributed by atoms with Gasteiger partial charge in [-0.2, -0.15) is 0 Å². The SMILES string of the molecule is Cc1ccc(-n2c(SCc3ccccc3)nnc2C(Cc2ccccc2)NC(=O)Nc2cccc(Br)c2)cc1. The summed E-state index contributed by atoms with van der Waals surface area (Å²) < 4.78 is 2.94. The van der Waals surface area contributed by atoms with Gasteiger partial charge in [0, 0.05) is 28.0 Å². The number of halogens is 1. The number of nitrogens with zero attached hydrogens (tertiary/aromatic N) is 3. The molecule has 0 aliphatic carbocycles. The molecule has 0 fully saturated rings. The van der Waals surface area contributed by atoms with Crippen LogP contribution in [0.2, 0.25) is 0 Å². The van der Waals surface area contributed by atoms with Crippen LogP contribution in [0.4, 0.5) is 10.5 Å². The van der Waals surface area contributed by atoms with Gasteiger partial charge in [0.2, 0.25) is 0 Å². The third-order valence-electron chi connectivity index (χ3n) is 6.14. The number of thioether (sulfide) groups is 1. The van der Waals surface area contributed by atoms with Gasteiger partial charge in [0.05, 0.1) is 6.04 Å². The van der Waals surface area contributed by atoms with Crippen LogP contribution in [0.1, 0.15) is 28.6 Å². The average Bonchev–Trinajstić information content (AvgIpc) is 3.37. The molecule has 1 unspecified atom stereocenters. The van der Waals surface area contributed by atoms with Gasteiger partial charge in [0.25, 0.3) is 0 Å². The highest BCUT2D eigenvalue weighted by molar-refractivity contribution is 9.10. The molecular formula is C31H28BrN5OS. The summed E-state index contributed by atoms with van der Waals surface area (Å²) in [6, 6.07) is 35.4. The van der Waals surface area contributed by atoms with Gasteiger partial charge in [-0.05, 0) is 48.4 Å². The number of aryl methyl sites for hydroxylation is 1. The number of hydrogen-bond acceptors (Lipinski definition) is 4. The molecule has 4 aromatic carbocycles. The molecule has 1 atom stereocenters. The fourth-order valence-electron chi connectivity index (χ4n) is 4.21. The maximum atomic E-state index is 13.2. The Morgan fingerprint density at radius 2 is 1.56 bits per heavy atom. The van der Waals surface area contributed by atoms with Gasteiger partial charge in [0.15, 0.2) is 11.0 Å². The third kappa shape index (κ3) is 7.16. The lowest BCUT2D eigenvalue weighted by molar-refractivity contribution is 0.247. The van der Waals surface area contributed by atoms with Gasteiger partial charge in [-0.25, -0.2) is 4.79 Å². The fourth-order valence-corrected chi connectivity index (χ4v) is 5.52. The zero-order valence-electron chi connectivity index (χ0n) is 21.4. The van der Waals surface area contributed by atoms with Crippen LogP contribution in [0.15, 0.2) is 119 Å². The molecule has 39 heavy (non-hydrogen) atoms. The molecule has 0 spiro atoms. The number of benzene rings is 4. The van der Waals surface area contributed by atoms with E-state index in [1.54, 1.807) is 11.8 Å². The number of carbonyl (C=O) groups is 1. The summed E-state index contributed by atoms with van der Waals surface area (Å²) in [4.78, 5) is 13.2. The Morgan fingerprint density at radius 3 is 2.26 bits per heavy atom. The number of carbonyl (C=O) groups excluding carboxylic acids is 1. The van der Waals surface area contributed by atoms with Crippen LogP contribution in [0, 0.1) is 6.92 Å². The van der Waals surface area contributed by atoms with Gasteiger partial charge in [0.1, 0.15) is 0 Å². The van der Waals surface area contributed by atoms with Crippen molar-refractivity contribution in [3.8, 4) is 5.69 Å². The van der Waals surface area contributed by atoms with E-state index < -0.39 is 6.04 Å². The van der Waals surface area contributed by atoms with Crippen LogP contribution in [-0.4, -0.2) is 20.8 Å². The molecule has 0 bridgehead atoms. The molecule has 0 saturated carbocycles. The predicted octanol–water partition coefficient (Wildman–Crippen LogP) is 7.74. The standard InChI is InChI=1S/C31H28BrN5OS/c1-22-15-17-27(18-16-22)37-29(35-36-31(37)39-21-24-11-6-3-7-12-24)28(19-23-9-4-2-5-10-23)34-30(38)33-26-14-8-13-25(32)20-26/h2-18,20,28H,19,21H2,1H3,(H2,33,34,38). The Labute approximate surface area is 241 Å². The Kier molecular flexibility index (Phi) is 8.75. The molecule has 5 aromatic rings. The maximum Gasteiger partial charge on any atom is 0.319 e. The number of amides is 2. The van der Waals surface area contributed by atoms with E-state index in [4.69, 9.17) is 0 Å². The summed E-state index contributed by atoms with van der Waals surface area (Å²) >= 11 is 5.09. The van der Waals surface area contributed by atoms with Gasteiger partial charge in [-0.15, -0.1) is 10.2 Å². The number of aromatic nitrogens is 3. The average molecular weight is 599 g/mol. The van der Waals surface area contributed by atoms with E-state index in [2.05, 4.69) is 96.8 Å². The minimum atomic E-state index is -0.431. The van der Waals surface area contributed by atoms with Gasteiger partial charge < -0.3 is 10.6 Å². The second-order valence-electron chi connectivity index (χ2n) is 9.14. The Hall–Kier alpha value is -3.88. The second-order valence-corrected chi connectivity index (χ2v) is 11.0. The summed E-state index contributed by atoms with van der Waals surface area (Å²) in [5.74, 6) is 1.42. The molecule has 1 heterocycles. The molecule has 2 N–H and O–H groups in total. The molecule has 0 aliphatic heterocycles. The predicted molar refractivity (Wildman–Crippen MR) is 161 cm³/mol. The highest BCUT2D eigenvalue weighted by atomic mass is 79.9. The van der Waals surface area contributed by atoms with Crippen molar-refractivity contribution >= 4 is 39.4 Å². The van der Waals surface area contributed by atoms with Crippen molar-refractivity contribution in [3.63, 3.8) is 0 Å². The largest absolute Gasteiger partial charge is 0.327 e. The summed E-state index contributed by atoms with van der Waals surface area (Å²) in [5, 5.41) is 16.1. The van der Waals surface area contributed by atoms with Crippen LogP contribution in [0.25, 0.3) is 5.69 Å².